The number of nitrogens with zero attached hydrogens (tertiary/aromatic N) is 1. The average Bonchev–Trinajstić information content (AvgIpc) is 2.64. The van der Waals surface area contributed by atoms with Crippen LogP contribution in [0.15, 0.2) is 0 Å². The minimum absolute atomic E-state index is 0.521. The summed E-state index contributed by atoms with van der Waals surface area (Å²) in [6, 6.07) is 1.44. The standard InChI is InChI=1S/C9H18N2/c1-11(9-2-3-9)6-7-4-8(10)5-7/h7-9H,2-6,10H2,1H3. The van der Waals surface area contributed by atoms with Crippen LogP contribution in [0.3, 0.4) is 0 Å². The van der Waals surface area contributed by atoms with Crippen LogP contribution < -0.4 is 5.73 Å². The highest BCUT2D eigenvalue weighted by Crippen LogP contribution is 2.31. The van der Waals surface area contributed by atoms with E-state index in [9.17, 15) is 0 Å². The van der Waals surface area contributed by atoms with Crippen LogP contribution in [0, 0.1) is 5.92 Å². The van der Waals surface area contributed by atoms with Gasteiger partial charge in [0.15, 0.2) is 0 Å². The van der Waals surface area contributed by atoms with Crippen LogP contribution in [-0.4, -0.2) is 30.6 Å². The summed E-state index contributed by atoms with van der Waals surface area (Å²) < 4.78 is 0. The summed E-state index contributed by atoms with van der Waals surface area (Å²) >= 11 is 0. The van der Waals surface area contributed by atoms with Gasteiger partial charge in [0.1, 0.15) is 0 Å². The van der Waals surface area contributed by atoms with Crippen LogP contribution in [0.25, 0.3) is 0 Å². The molecule has 0 spiro atoms. The predicted molar refractivity (Wildman–Crippen MR) is 46.4 cm³/mol. The van der Waals surface area contributed by atoms with E-state index >= 15 is 0 Å². The molecule has 0 radical (unpaired) electrons. The van der Waals surface area contributed by atoms with Crippen molar-refractivity contribution in [2.45, 2.75) is 37.8 Å². The molecular weight excluding hydrogens is 136 g/mol. The molecule has 2 rings (SSSR count). The van der Waals surface area contributed by atoms with Gasteiger partial charge in [0, 0.05) is 18.6 Å². The fourth-order valence-corrected chi connectivity index (χ4v) is 2.01. The van der Waals surface area contributed by atoms with Crippen molar-refractivity contribution in [3.05, 3.63) is 0 Å². The van der Waals surface area contributed by atoms with E-state index in [2.05, 4.69) is 11.9 Å². The van der Waals surface area contributed by atoms with Gasteiger partial charge >= 0.3 is 0 Å². The van der Waals surface area contributed by atoms with Crippen molar-refractivity contribution in [1.82, 2.24) is 4.90 Å². The van der Waals surface area contributed by atoms with Crippen LogP contribution in [0.1, 0.15) is 25.7 Å². The van der Waals surface area contributed by atoms with Gasteiger partial charge in [0.25, 0.3) is 0 Å². The summed E-state index contributed by atoms with van der Waals surface area (Å²) in [4.78, 5) is 2.51. The van der Waals surface area contributed by atoms with Gasteiger partial charge in [0.05, 0.1) is 0 Å². The molecule has 0 atom stereocenters. The molecule has 2 nitrogen and oxygen atoms in total. The molecule has 2 heteroatoms. The minimum Gasteiger partial charge on any atom is -0.328 e. The van der Waals surface area contributed by atoms with Crippen LogP contribution in [-0.2, 0) is 0 Å². The molecule has 0 saturated heterocycles. The summed E-state index contributed by atoms with van der Waals surface area (Å²) in [5, 5.41) is 0. The summed E-state index contributed by atoms with van der Waals surface area (Å²) in [6.07, 6.45) is 5.37. The molecule has 2 fully saturated rings. The quantitative estimate of drug-likeness (QED) is 0.652. The Morgan fingerprint density at radius 3 is 2.45 bits per heavy atom. The maximum atomic E-state index is 5.72. The Kier molecular flexibility index (Phi) is 1.90. The highest BCUT2D eigenvalue weighted by atomic mass is 15.2. The Bertz CT molecular complexity index is 136. The molecular formula is C9H18N2. The Morgan fingerprint density at radius 1 is 1.36 bits per heavy atom. The van der Waals surface area contributed by atoms with Gasteiger partial charge in [0.2, 0.25) is 0 Å². The van der Waals surface area contributed by atoms with Gasteiger partial charge in [-0.25, -0.2) is 0 Å². The maximum Gasteiger partial charge on any atom is 0.00934 e. The zero-order chi connectivity index (χ0) is 7.84. The zero-order valence-electron chi connectivity index (χ0n) is 7.29. The lowest BCUT2D eigenvalue weighted by Crippen LogP contribution is -2.42. The first-order chi connectivity index (χ1) is 5.25. The highest BCUT2D eigenvalue weighted by molar-refractivity contribution is 4.88. The molecule has 0 aromatic rings. The van der Waals surface area contributed by atoms with Gasteiger partial charge in [-0.1, -0.05) is 0 Å². The van der Waals surface area contributed by atoms with E-state index < -0.39 is 0 Å². The topological polar surface area (TPSA) is 29.3 Å². The van der Waals surface area contributed by atoms with E-state index in [1.165, 1.54) is 32.2 Å². The Balaban J connectivity index is 1.65. The lowest BCUT2D eigenvalue weighted by molar-refractivity contribution is 0.177. The van der Waals surface area contributed by atoms with Gasteiger partial charge in [-0.3, -0.25) is 0 Å². The Labute approximate surface area is 68.7 Å². The first-order valence-electron chi connectivity index (χ1n) is 4.71. The van der Waals surface area contributed by atoms with Gasteiger partial charge < -0.3 is 10.6 Å². The fourth-order valence-electron chi connectivity index (χ4n) is 2.01. The van der Waals surface area contributed by atoms with E-state index in [1.807, 2.05) is 0 Å². The lowest BCUT2D eigenvalue weighted by Gasteiger charge is -2.35. The molecule has 0 aromatic heterocycles. The van der Waals surface area contributed by atoms with Gasteiger partial charge in [-0.05, 0) is 38.6 Å². The van der Waals surface area contributed by atoms with Gasteiger partial charge in [-0.2, -0.15) is 0 Å². The Hall–Kier alpha value is -0.0800. The van der Waals surface area contributed by atoms with Crippen molar-refractivity contribution in [3.8, 4) is 0 Å². The van der Waals surface area contributed by atoms with Crippen LogP contribution in [0.4, 0.5) is 0 Å². The third kappa shape index (κ3) is 1.74. The third-order valence-electron chi connectivity index (χ3n) is 2.99. The first-order valence-corrected chi connectivity index (χ1v) is 4.71. The molecule has 2 N–H and O–H groups in total. The minimum atomic E-state index is 0.521. The van der Waals surface area contributed by atoms with E-state index in [1.54, 1.807) is 0 Å². The number of rotatable bonds is 3. The number of hydrogen-bond donors (Lipinski definition) is 1. The molecule has 2 aliphatic rings. The van der Waals surface area contributed by atoms with Crippen molar-refractivity contribution < 1.29 is 0 Å². The van der Waals surface area contributed by atoms with Gasteiger partial charge in [-0.15, -0.1) is 0 Å². The van der Waals surface area contributed by atoms with Crippen LogP contribution in [0.5, 0.6) is 0 Å². The largest absolute Gasteiger partial charge is 0.328 e. The molecule has 64 valence electrons. The normalized spacial score (nSPS) is 37.4. The third-order valence-corrected chi connectivity index (χ3v) is 2.99. The van der Waals surface area contributed by atoms with Crippen molar-refractivity contribution >= 4 is 0 Å². The average molecular weight is 154 g/mol. The predicted octanol–water partition coefficient (Wildman–Crippen LogP) is 0.818. The summed E-state index contributed by atoms with van der Waals surface area (Å²) in [6.45, 7) is 1.29. The molecule has 0 unspecified atom stereocenters. The smallest absolute Gasteiger partial charge is 0.00934 e. The lowest BCUT2D eigenvalue weighted by atomic mass is 9.80. The van der Waals surface area contributed by atoms with E-state index in [0.29, 0.717) is 6.04 Å². The molecule has 2 saturated carbocycles. The molecule has 2 aliphatic carbocycles. The number of hydrogen-bond acceptors (Lipinski definition) is 2. The molecule has 0 aromatic carbocycles. The molecule has 0 heterocycles. The van der Waals surface area contributed by atoms with Crippen molar-refractivity contribution in [3.63, 3.8) is 0 Å². The monoisotopic (exact) mass is 154 g/mol. The molecule has 11 heavy (non-hydrogen) atoms. The molecule has 0 amide bonds. The van der Waals surface area contributed by atoms with Crippen LogP contribution in [0.2, 0.25) is 0 Å². The van der Waals surface area contributed by atoms with Crippen LogP contribution >= 0.6 is 0 Å². The van der Waals surface area contributed by atoms with E-state index in [0.717, 1.165) is 12.0 Å². The zero-order valence-corrected chi connectivity index (χ0v) is 7.29. The maximum absolute atomic E-state index is 5.72. The summed E-state index contributed by atoms with van der Waals surface area (Å²) in [5.74, 6) is 0.913. The fraction of sp³-hybridized carbons (Fsp3) is 1.00. The molecule has 0 bridgehead atoms. The molecule has 0 aliphatic heterocycles. The van der Waals surface area contributed by atoms with Crippen molar-refractivity contribution in [1.29, 1.82) is 0 Å². The summed E-state index contributed by atoms with van der Waals surface area (Å²) in [5.41, 5.74) is 5.72. The second-order valence-electron chi connectivity index (χ2n) is 4.27. The second kappa shape index (κ2) is 2.76. The van der Waals surface area contributed by atoms with Crippen molar-refractivity contribution in [2.75, 3.05) is 13.6 Å². The SMILES string of the molecule is CN(CC1CC(N)C1)C1CC1. The van der Waals surface area contributed by atoms with E-state index in [4.69, 9.17) is 5.73 Å². The van der Waals surface area contributed by atoms with Crippen molar-refractivity contribution in [2.24, 2.45) is 11.7 Å². The highest BCUT2D eigenvalue weighted by Gasteiger charge is 2.32. The summed E-state index contributed by atoms with van der Waals surface area (Å²) in [7, 11) is 2.25. The first kappa shape index (κ1) is 7.56. The second-order valence-corrected chi connectivity index (χ2v) is 4.27. The number of nitrogens with two attached hydrogens (primary N) is 1. The van der Waals surface area contributed by atoms with E-state index in [-0.39, 0.29) is 0 Å². The Morgan fingerprint density at radius 2 is 2.00 bits per heavy atom.